The van der Waals surface area contributed by atoms with Crippen molar-refractivity contribution < 1.29 is 4.79 Å². The molecule has 0 spiro atoms. The first-order valence-electron chi connectivity index (χ1n) is 9.92. The van der Waals surface area contributed by atoms with E-state index in [1.54, 1.807) is 0 Å². The molecule has 0 aliphatic rings. The topological polar surface area (TPSA) is 63.9 Å². The van der Waals surface area contributed by atoms with Crippen molar-refractivity contribution in [2.24, 2.45) is 0 Å². The van der Waals surface area contributed by atoms with Crippen LogP contribution in [0.2, 0.25) is 0 Å². The molecule has 0 saturated carbocycles. The fraction of sp³-hybridized carbons (Fsp3) is 0.167. The third-order valence-corrected chi connectivity index (χ3v) is 4.91. The monoisotopic (exact) mass is 397 g/mol. The summed E-state index contributed by atoms with van der Waals surface area (Å²) >= 11 is 0. The second-order valence-electron chi connectivity index (χ2n) is 7.14. The molecular formula is C24H23N5O. The third-order valence-electron chi connectivity index (χ3n) is 4.91. The summed E-state index contributed by atoms with van der Waals surface area (Å²) in [4.78, 5) is 16.6. The molecule has 4 rings (SSSR count). The van der Waals surface area contributed by atoms with Crippen LogP contribution >= 0.6 is 0 Å². The summed E-state index contributed by atoms with van der Waals surface area (Å²) in [5.41, 5.74) is 3.02. The summed E-state index contributed by atoms with van der Waals surface area (Å²) in [5.74, 6) is 0.452. The minimum atomic E-state index is -0.567. The summed E-state index contributed by atoms with van der Waals surface area (Å²) in [5, 5.41) is 12.7. The molecule has 0 aliphatic heterocycles. The predicted molar refractivity (Wildman–Crippen MR) is 115 cm³/mol. The first-order chi connectivity index (χ1) is 14.7. The van der Waals surface area contributed by atoms with Gasteiger partial charge in [-0.25, -0.2) is 0 Å². The number of nitrogens with zero attached hydrogens (tertiary/aromatic N) is 5. The minimum absolute atomic E-state index is 0.0558. The molecule has 0 radical (unpaired) electrons. The molecule has 1 amide bonds. The number of benzene rings is 3. The van der Waals surface area contributed by atoms with Gasteiger partial charge in [0.25, 0.3) is 0 Å². The van der Waals surface area contributed by atoms with Gasteiger partial charge in [-0.15, -0.1) is 10.2 Å². The van der Waals surface area contributed by atoms with Crippen LogP contribution in [0.3, 0.4) is 0 Å². The van der Waals surface area contributed by atoms with E-state index in [0.717, 1.165) is 16.7 Å². The Balaban J connectivity index is 1.56. The van der Waals surface area contributed by atoms with E-state index in [2.05, 4.69) is 15.4 Å². The average molecular weight is 397 g/mol. The van der Waals surface area contributed by atoms with Gasteiger partial charge in [0.15, 0.2) is 0 Å². The summed E-state index contributed by atoms with van der Waals surface area (Å²) < 4.78 is 0. The summed E-state index contributed by atoms with van der Waals surface area (Å²) in [6.07, 6.45) is 0. The van der Waals surface area contributed by atoms with Gasteiger partial charge in [-0.2, -0.15) is 4.80 Å². The fourth-order valence-electron chi connectivity index (χ4n) is 3.27. The number of aromatic nitrogens is 4. The highest BCUT2D eigenvalue weighted by atomic mass is 16.2. The van der Waals surface area contributed by atoms with Gasteiger partial charge >= 0.3 is 0 Å². The van der Waals surface area contributed by atoms with Gasteiger partial charge in [0.2, 0.25) is 11.7 Å². The molecule has 150 valence electrons. The van der Waals surface area contributed by atoms with Crippen molar-refractivity contribution in [1.82, 2.24) is 25.1 Å². The lowest BCUT2D eigenvalue weighted by Gasteiger charge is -2.25. The first-order valence-corrected chi connectivity index (χ1v) is 9.92. The maximum Gasteiger partial charge on any atom is 0.249 e. The largest absolute Gasteiger partial charge is 0.332 e. The number of hydrogen-bond acceptors (Lipinski definition) is 4. The molecule has 4 aromatic rings. The van der Waals surface area contributed by atoms with E-state index in [9.17, 15) is 4.79 Å². The van der Waals surface area contributed by atoms with Crippen LogP contribution in [0, 0.1) is 0 Å². The van der Waals surface area contributed by atoms with Gasteiger partial charge in [0.1, 0.15) is 6.04 Å². The average Bonchev–Trinajstić information content (AvgIpc) is 3.30. The second-order valence-corrected chi connectivity index (χ2v) is 7.14. The van der Waals surface area contributed by atoms with Crippen LogP contribution < -0.4 is 0 Å². The molecule has 30 heavy (non-hydrogen) atoms. The van der Waals surface area contributed by atoms with Crippen molar-refractivity contribution in [1.29, 1.82) is 0 Å². The molecule has 1 heterocycles. The standard InChI is InChI=1S/C24H23N5O/c1-19(29-26-23(25-27-29)22-15-9-4-10-16-22)24(30)28(17-20-11-5-2-6-12-20)18-21-13-7-3-8-14-21/h2-16,19H,17-18H2,1H3. The number of carbonyl (C=O) groups is 1. The fourth-order valence-corrected chi connectivity index (χ4v) is 3.27. The van der Waals surface area contributed by atoms with E-state index in [1.165, 1.54) is 4.80 Å². The number of rotatable bonds is 7. The molecule has 0 fully saturated rings. The zero-order chi connectivity index (χ0) is 20.8. The summed E-state index contributed by atoms with van der Waals surface area (Å²) in [6, 6.07) is 29.0. The van der Waals surface area contributed by atoms with Crippen molar-refractivity contribution in [2.45, 2.75) is 26.1 Å². The maximum absolute atomic E-state index is 13.4. The molecule has 1 unspecified atom stereocenters. The molecular weight excluding hydrogens is 374 g/mol. The Bertz CT molecular complexity index is 1040. The number of amides is 1. The predicted octanol–water partition coefficient (Wildman–Crippen LogP) is 4.13. The van der Waals surface area contributed by atoms with Gasteiger partial charge in [-0.1, -0.05) is 91.0 Å². The van der Waals surface area contributed by atoms with Crippen molar-refractivity contribution in [3.63, 3.8) is 0 Å². The maximum atomic E-state index is 13.4. The van der Waals surface area contributed by atoms with E-state index in [-0.39, 0.29) is 5.91 Å². The van der Waals surface area contributed by atoms with Crippen LogP contribution in [0.15, 0.2) is 91.0 Å². The highest BCUT2D eigenvalue weighted by Crippen LogP contribution is 2.18. The molecule has 3 aromatic carbocycles. The van der Waals surface area contributed by atoms with Gasteiger partial charge in [-0.05, 0) is 23.3 Å². The van der Waals surface area contributed by atoms with Crippen LogP contribution in [0.4, 0.5) is 0 Å². The molecule has 0 N–H and O–H groups in total. The molecule has 6 heteroatoms. The van der Waals surface area contributed by atoms with Crippen molar-refractivity contribution in [3.8, 4) is 11.4 Å². The molecule has 1 atom stereocenters. The summed E-state index contributed by atoms with van der Waals surface area (Å²) in [7, 11) is 0. The van der Waals surface area contributed by atoms with Crippen LogP contribution in [-0.4, -0.2) is 31.0 Å². The lowest BCUT2D eigenvalue weighted by atomic mass is 10.1. The van der Waals surface area contributed by atoms with Gasteiger partial charge in [0.05, 0.1) is 0 Å². The Morgan fingerprint density at radius 1 is 0.833 bits per heavy atom. The number of carbonyl (C=O) groups excluding carboxylic acids is 1. The van der Waals surface area contributed by atoms with Crippen molar-refractivity contribution in [3.05, 3.63) is 102 Å². The Morgan fingerprint density at radius 2 is 1.33 bits per heavy atom. The smallest absolute Gasteiger partial charge is 0.249 e. The van der Waals surface area contributed by atoms with Crippen molar-refractivity contribution >= 4 is 5.91 Å². The van der Waals surface area contributed by atoms with Crippen LogP contribution in [-0.2, 0) is 17.9 Å². The second kappa shape index (κ2) is 9.13. The van der Waals surface area contributed by atoms with Gasteiger partial charge in [0, 0.05) is 18.7 Å². The number of tetrazole rings is 1. The Labute approximate surface area is 175 Å². The van der Waals surface area contributed by atoms with E-state index < -0.39 is 6.04 Å². The minimum Gasteiger partial charge on any atom is -0.332 e. The highest BCUT2D eigenvalue weighted by molar-refractivity contribution is 5.80. The SMILES string of the molecule is CC(C(=O)N(Cc1ccccc1)Cc1ccccc1)n1nnc(-c2ccccc2)n1. The molecule has 6 nitrogen and oxygen atoms in total. The van der Waals surface area contributed by atoms with Crippen LogP contribution in [0.1, 0.15) is 24.1 Å². The van der Waals surface area contributed by atoms with Gasteiger partial charge in [-0.3, -0.25) is 4.79 Å². The van der Waals surface area contributed by atoms with E-state index in [4.69, 9.17) is 0 Å². The summed E-state index contributed by atoms with van der Waals surface area (Å²) in [6.45, 7) is 2.83. The molecule has 0 saturated heterocycles. The van der Waals surface area contributed by atoms with Crippen molar-refractivity contribution in [2.75, 3.05) is 0 Å². The highest BCUT2D eigenvalue weighted by Gasteiger charge is 2.25. The normalized spacial score (nSPS) is 11.8. The van der Waals surface area contributed by atoms with Crippen LogP contribution in [0.25, 0.3) is 11.4 Å². The quantitative estimate of drug-likeness (QED) is 0.470. The van der Waals surface area contributed by atoms with Crippen LogP contribution in [0.5, 0.6) is 0 Å². The van der Waals surface area contributed by atoms with Gasteiger partial charge < -0.3 is 4.90 Å². The molecule has 0 aliphatic carbocycles. The Morgan fingerprint density at radius 3 is 1.87 bits per heavy atom. The lowest BCUT2D eigenvalue weighted by Crippen LogP contribution is -2.36. The molecule has 0 bridgehead atoms. The number of hydrogen-bond donors (Lipinski definition) is 0. The van der Waals surface area contributed by atoms with E-state index in [1.807, 2.05) is 103 Å². The Hall–Kier alpha value is -3.80. The zero-order valence-electron chi connectivity index (χ0n) is 16.8. The Kier molecular flexibility index (Phi) is 5.94. The lowest BCUT2D eigenvalue weighted by molar-refractivity contribution is -0.136. The zero-order valence-corrected chi connectivity index (χ0v) is 16.8. The third kappa shape index (κ3) is 4.60. The van der Waals surface area contributed by atoms with E-state index in [0.29, 0.717) is 18.9 Å². The molecule has 1 aromatic heterocycles. The first kappa shape index (κ1) is 19.5. The van der Waals surface area contributed by atoms with E-state index >= 15 is 0 Å².